The van der Waals surface area contributed by atoms with E-state index >= 15 is 0 Å². The van der Waals surface area contributed by atoms with Gasteiger partial charge < -0.3 is 9.84 Å². The molecule has 0 bridgehead atoms. The minimum atomic E-state index is -0.971. The first-order valence-electron chi connectivity index (χ1n) is 6.71. The third kappa shape index (κ3) is 2.00. The molecule has 0 radical (unpaired) electrons. The van der Waals surface area contributed by atoms with Gasteiger partial charge in [-0.15, -0.1) is 0 Å². The Morgan fingerprint density at radius 3 is 2.70 bits per heavy atom. The largest absolute Gasteiger partial charge is 0.497 e. The lowest BCUT2D eigenvalue weighted by atomic mass is 9.87. The summed E-state index contributed by atoms with van der Waals surface area (Å²) in [6.45, 7) is 1.96. The molecule has 20 heavy (non-hydrogen) atoms. The lowest BCUT2D eigenvalue weighted by Gasteiger charge is -2.25. The molecule has 1 atom stereocenters. The molecule has 0 amide bonds. The molecular weight excluding hydrogens is 272 g/mol. The van der Waals surface area contributed by atoms with E-state index in [0.29, 0.717) is 11.4 Å². The minimum absolute atomic E-state index is 0.675. The van der Waals surface area contributed by atoms with Crippen LogP contribution in [-0.4, -0.2) is 12.2 Å². The first-order valence-corrected chi connectivity index (χ1v) is 7.09. The monoisotopic (exact) mass is 288 g/mol. The van der Waals surface area contributed by atoms with E-state index in [1.54, 1.807) is 7.11 Å². The summed E-state index contributed by atoms with van der Waals surface area (Å²) in [7, 11) is 1.64. The van der Waals surface area contributed by atoms with E-state index in [0.717, 1.165) is 28.9 Å². The summed E-state index contributed by atoms with van der Waals surface area (Å²) in [5.74, 6) is 0.766. The van der Waals surface area contributed by atoms with Gasteiger partial charge in [-0.3, -0.25) is 0 Å². The van der Waals surface area contributed by atoms with Gasteiger partial charge in [0.05, 0.1) is 7.11 Å². The van der Waals surface area contributed by atoms with Gasteiger partial charge in [0.2, 0.25) is 0 Å². The smallest absolute Gasteiger partial charge is 0.119 e. The predicted molar refractivity (Wildman–Crippen MR) is 80.5 cm³/mol. The molecular formula is C17H17ClO2. The highest BCUT2D eigenvalue weighted by molar-refractivity contribution is 6.31. The number of halogens is 1. The number of methoxy groups -OCH3 is 1. The fourth-order valence-electron chi connectivity index (χ4n) is 2.89. The maximum atomic E-state index is 11.1. The van der Waals surface area contributed by atoms with E-state index in [4.69, 9.17) is 16.3 Å². The summed E-state index contributed by atoms with van der Waals surface area (Å²) in [6, 6.07) is 11.7. The molecule has 0 spiro atoms. The number of hydrogen-bond acceptors (Lipinski definition) is 2. The normalized spacial score (nSPS) is 20.8. The maximum absolute atomic E-state index is 11.1. The fourth-order valence-corrected chi connectivity index (χ4v) is 3.07. The molecule has 1 N–H and O–H groups in total. The van der Waals surface area contributed by atoms with Crippen LogP contribution in [0.25, 0.3) is 0 Å². The lowest BCUT2D eigenvalue weighted by molar-refractivity contribution is 0.0827. The zero-order valence-electron chi connectivity index (χ0n) is 11.6. The first-order chi connectivity index (χ1) is 9.54. The second kappa shape index (κ2) is 4.80. The van der Waals surface area contributed by atoms with Crippen LogP contribution in [-0.2, 0) is 12.0 Å². The summed E-state index contributed by atoms with van der Waals surface area (Å²) in [6.07, 6.45) is 1.54. The zero-order chi connectivity index (χ0) is 14.3. The van der Waals surface area contributed by atoms with Gasteiger partial charge in [-0.25, -0.2) is 0 Å². The average Bonchev–Trinajstić information content (AvgIpc) is 2.80. The van der Waals surface area contributed by atoms with Crippen LogP contribution >= 0.6 is 11.6 Å². The van der Waals surface area contributed by atoms with Gasteiger partial charge in [0, 0.05) is 5.02 Å². The topological polar surface area (TPSA) is 29.5 Å². The van der Waals surface area contributed by atoms with Crippen LogP contribution in [0.5, 0.6) is 5.75 Å². The van der Waals surface area contributed by atoms with Crippen molar-refractivity contribution in [1.29, 1.82) is 0 Å². The number of aryl methyl sites for hydroxylation is 2. The minimum Gasteiger partial charge on any atom is -0.497 e. The third-order valence-corrected chi connectivity index (χ3v) is 4.58. The van der Waals surface area contributed by atoms with Gasteiger partial charge in [-0.2, -0.15) is 0 Å². The Kier molecular flexibility index (Phi) is 3.23. The van der Waals surface area contributed by atoms with Crippen LogP contribution in [0.1, 0.15) is 28.7 Å². The van der Waals surface area contributed by atoms with Crippen LogP contribution in [0.4, 0.5) is 0 Å². The highest BCUT2D eigenvalue weighted by atomic mass is 35.5. The third-order valence-electron chi connectivity index (χ3n) is 4.17. The van der Waals surface area contributed by atoms with Crippen molar-refractivity contribution < 1.29 is 9.84 Å². The summed E-state index contributed by atoms with van der Waals surface area (Å²) >= 11 is 6.20. The van der Waals surface area contributed by atoms with Crippen molar-refractivity contribution in [3.05, 3.63) is 63.7 Å². The van der Waals surface area contributed by atoms with Crippen molar-refractivity contribution in [3.8, 4) is 5.75 Å². The van der Waals surface area contributed by atoms with Crippen molar-refractivity contribution >= 4 is 11.6 Å². The fraction of sp³-hybridized carbons (Fsp3) is 0.294. The molecule has 0 heterocycles. The Balaban J connectivity index is 2.13. The molecule has 2 nitrogen and oxygen atoms in total. The van der Waals surface area contributed by atoms with E-state index in [9.17, 15) is 5.11 Å². The SMILES string of the molecule is COc1ccc2c(c1)C(O)(c1ccc(C)c(Cl)c1)CC2. The Morgan fingerprint density at radius 2 is 2.00 bits per heavy atom. The molecule has 2 aromatic rings. The van der Waals surface area contributed by atoms with Crippen molar-refractivity contribution in [2.24, 2.45) is 0 Å². The summed E-state index contributed by atoms with van der Waals surface area (Å²) in [5.41, 5.74) is 2.99. The van der Waals surface area contributed by atoms with E-state index < -0.39 is 5.60 Å². The number of ether oxygens (including phenoxy) is 1. The molecule has 1 unspecified atom stereocenters. The van der Waals surface area contributed by atoms with Crippen LogP contribution < -0.4 is 4.74 Å². The molecule has 0 aromatic heterocycles. The molecule has 2 aromatic carbocycles. The predicted octanol–water partition coefficient (Wildman–Crippen LogP) is 3.84. The van der Waals surface area contributed by atoms with Gasteiger partial charge in [-0.1, -0.05) is 29.8 Å². The zero-order valence-corrected chi connectivity index (χ0v) is 12.4. The van der Waals surface area contributed by atoms with Crippen LogP contribution in [0, 0.1) is 6.92 Å². The summed E-state index contributed by atoms with van der Waals surface area (Å²) in [5, 5.41) is 11.8. The molecule has 1 aliphatic carbocycles. The quantitative estimate of drug-likeness (QED) is 0.910. The maximum Gasteiger partial charge on any atom is 0.119 e. The van der Waals surface area contributed by atoms with Crippen molar-refractivity contribution in [3.63, 3.8) is 0 Å². The summed E-state index contributed by atoms with van der Waals surface area (Å²) in [4.78, 5) is 0. The number of benzene rings is 2. The van der Waals surface area contributed by atoms with Gasteiger partial charge in [0.25, 0.3) is 0 Å². The first kappa shape index (κ1) is 13.5. The lowest BCUT2D eigenvalue weighted by Crippen LogP contribution is -2.24. The highest BCUT2D eigenvalue weighted by Crippen LogP contribution is 2.44. The van der Waals surface area contributed by atoms with Crippen LogP contribution in [0.15, 0.2) is 36.4 Å². The van der Waals surface area contributed by atoms with Gasteiger partial charge in [-0.05, 0) is 60.2 Å². The highest BCUT2D eigenvalue weighted by Gasteiger charge is 2.38. The van der Waals surface area contributed by atoms with Gasteiger partial charge >= 0.3 is 0 Å². The number of rotatable bonds is 2. The van der Waals surface area contributed by atoms with Crippen LogP contribution in [0.3, 0.4) is 0 Å². The molecule has 3 rings (SSSR count). The summed E-state index contributed by atoms with van der Waals surface area (Å²) < 4.78 is 5.27. The van der Waals surface area contributed by atoms with E-state index in [1.807, 2.05) is 43.3 Å². The van der Waals surface area contributed by atoms with Crippen LogP contribution in [0.2, 0.25) is 5.02 Å². The molecule has 0 saturated heterocycles. The van der Waals surface area contributed by atoms with E-state index in [2.05, 4.69) is 0 Å². The van der Waals surface area contributed by atoms with Crippen molar-refractivity contribution in [1.82, 2.24) is 0 Å². The average molecular weight is 289 g/mol. The van der Waals surface area contributed by atoms with Gasteiger partial charge in [0.15, 0.2) is 0 Å². The Morgan fingerprint density at radius 1 is 1.20 bits per heavy atom. The number of aliphatic hydroxyl groups is 1. The number of hydrogen-bond donors (Lipinski definition) is 1. The molecule has 3 heteroatoms. The molecule has 0 fully saturated rings. The molecule has 0 aliphatic heterocycles. The number of fused-ring (bicyclic) bond motifs is 1. The Bertz CT molecular complexity index is 666. The van der Waals surface area contributed by atoms with Crippen molar-refractivity contribution in [2.75, 3.05) is 7.11 Å². The molecule has 0 saturated carbocycles. The molecule has 104 valence electrons. The van der Waals surface area contributed by atoms with Crippen molar-refractivity contribution in [2.45, 2.75) is 25.4 Å². The second-order valence-corrected chi connectivity index (χ2v) is 5.75. The molecule has 1 aliphatic rings. The van der Waals surface area contributed by atoms with Gasteiger partial charge in [0.1, 0.15) is 11.4 Å². The Labute approximate surface area is 124 Å². The standard InChI is InChI=1S/C17H17ClO2/c1-11-3-5-13(9-16(11)18)17(19)8-7-12-4-6-14(20-2)10-15(12)17/h3-6,9-10,19H,7-8H2,1-2H3. The van der Waals surface area contributed by atoms with E-state index in [1.165, 1.54) is 5.56 Å². The van der Waals surface area contributed by atoms with E-state index in [-0.39, 0.29) is 0 Å². The Hall–Kier alpha value is -1.51. The second-order valence-electron chi connectivity index (χ2n) is 5.35.